The molecule has 1 aromatic carbocycles. The highest BCUT2D eigenvalue weighted by Gasteiger charge is 2.10. The molecule has 3 nitrogen and oxygen atoms in total. The Hall–Kier alpha value is -1.90. The van der Waals surface area contributed by atoms with Crippen molar-refractivity contribution in [2.24, 2.45) is 0 Å². The Morgan fingerprint density at radius 2 is 1.88 bits per heavy atom. The van der Waals surface area contributed by atoms with Crippen LogP contribution < -0.4 is 0 Å². The van der Waals surface area contributed by atoms with Gasteiger partial charge in [-0.2, -0.15) is 0 Å². The zero-order valence-corrected chi connectivity index (χ0v) is 10.1. The van der Waals surface area contributed by atoms with Crippen LogP contribution in [0, 0.1) is 0 Å². The van der Waals surface area contributed by atoms with Gasteiger partial charge in [0, 0.05) is 5.57 Å². The minimum atomic E-state index is -0.370. The van der Waals surface area contributed by atoms with Gasteiger partial charge in [0.05, 0.1) is 13.0 Å². The highest BCUT2D eigenvalue weighted by Crippen LogP contribution is 2.11. The number of ether oxygens (including phenoxy) is 1. The molecule has 0 aliphatic carbocycles. The lowest BCUT2D eigenvalue weighted by Gasteiger charge is -2.04. The van der Waals surface area contributed by atoms with E-state index < -0.39 is 0 Å². The maximum atomic E-state index is 11.4. The summed E-state index contributed by atoms with van der Waals surface area (Å²) >= 11 is 0. The molecule has 1 rings (SSSR count). The monoisotopic (exact) mass is 232 g/mol. The van der Waals surface area contributed by atoms with Crippen molar-refractivity contribution in [3.8, 4) is 0 Å². The van der Waals surface area contributed by atoms with Crippen LogP contribution in [-0.4, -0.2) is 18.4 Å². The van der Waals surface area contributed by atoms with Crippen LogP contribution in [0.25, 0.3) is 6.08 Å². The quantitative estimate of drug-likeness (QED) is 0.579. The van der Waals surface area contributed by atoms with E-state index in [1.165, 1.54) is 6.92 Å². The number of esters is 1. The van der Waals surface area contributed by atoms with Gasteiger partial charge in [-0.25, -0.2) is 0 Å². The average Bonchev–Trinajstić information content (AvgIpc) is 2.29. The molecule has 0 amide bonds. The fourth-order valence-corrected chi connectivity index (χ4v) is 1.40. The highest BCUT2D eigenvalue weighted by atomic mass is 16.5. The first-order chi connectivity index (χ1) is 8.13. The van der Waals surface area contributed by atoms with Crippen LogP contribution in [0.1, 0.15) is 25.8 Å². The maximum Gasteiger partial charge on any atom is 0.310 e. The largest absolute Gasteiger partial charge is 0.466 e. The summed E-state index contributed by atoms with van der Waals surface area (Å²) in [5.74, 6) is -0.480. The summed E-state index contributed by atoms with van der Waals surface area (Å²) in [4.78, 5) is 22.7. The van der Waals surface area contributed by atoms with Crippen molar-refractivity contribution < 1.29 is 14.3 Å². The first-order valence-corrected chi connectivity index (χ1v) is 5.55. The number of benzene rings is 1. The lowest BCUT2D eigenvalue weighted by molar-refractivity contribution is -0.142. The van der Waals surface area contributed by atoms with Crippen LogP contribution >= 0.6 is 0 Å². The summed E-state index contributed by atoms with van der Waals surface area (Å²) in [6.07, 6.45) is 1.75. The van der Waals surface area contributed by atoms with E-state index in [0.717, 1.165) is 5.56 Å². The lowest BCUT2D eigenvalue weighted by Crippen LogP contribution is -2.08. The SMILES string of the molecule is CCOC(=O)C/C(=C/c1ccccc1)C(C)=O. The van der Waals surface area contributed by atoms with Gasteiger partial charge in [0.15, 0.2) is 5.78 Å². The van der Waals surface area contributed by atoms with Crippen LogP contribution in [-0.2, 0) is 14.3 Å². The maximum absolute atomic E-state index is 11.4. The van der Waals surface area contributed by atoms with E-state index in [1.807, 2.05) is 30.3 Å². The highest BCUT2D eigenvalue weighted by molar-refractivity contribution is 6.01. The van der Waals surface area contributed by atoms with Gasteiger partial charge in [-0.3, -0.25) is 9.59 Å². The Labute approximate surface area is 101 Å². The van der Waals surface area contributed by atoms with Crippen LogP contribution in [0.2, 0.25) is 0 Å². The molecule has 17 heavy (non-hydrogen) atoms. The Morgan fingerprint density at radius 1 is 1.24 bits per heavy atom. The van der Waals surface area contributed by atoms with Crippen molar-refractivity contribution in [2.45, 2.75) is 20.3 Å². The van der Waals surface area contributed by atoms with Crippen molar-refractivity contribution in [3.63, 3.8) is 0 Å². The van der Waals surface area contributed by atoms with Gasteiger partial charge in [0.2, 0.25) is 0 Å². The molecular formula is C14H16O3. The minimum absolute atomic E-state index is 0.0259. The molecule has 0 bridgehead atoms. The van der Waals surface area contributed by atoms with Gasteiger partial charge in [-0.05, 0) is 25.5 Å². The van der Waals surface area contributed by atoms with E-state index >= 15 is 0 Å². The summed E-state index contributed by atoms with van der Waals surface area (Å²) in [5.41, 5.74) is 1.37. The minimum Gasteiger partial charge on any atom is -0.466 e. The first kappa shape index (κ1) is 13.2. The summed E-state index contributed by atoms with van der Waals surface area (Å²) in [7, 11) is 0. The topological polar surface area (TPSA) is 43.4 Å². The van der Waals surface area contributed by atoms with Crippen LogP contribution in [0.5, 0.6) is 0 Å². The smallest absolute Gasteiger partial charge is 0.310 e. The average molecular weight is 232 g/mol. The summed E-state index contributed by atoms with van der Waals surface area (Å²) in [5, 5.41) is 0. The third kappa shape index (κ3) is 4.64. The van der Waals surface area contributed by atoms with Gasteiger partial charge < -0.3 is 4.74 Å². The van der Waals surface area contributed by atoms with E-state index in [9.17, 15) is 9.59 Å². The Balaban J connectivity index is 2.83. The van der Waals surface area contributed by atoms with Crippen molar-refractivity contribution in [1.29, 1.82) is 0 Å². The second kappa shape index (κ2) is 6.63. The molecule has 0 fully saturated rings. The van der Waals surface area contributed by atoms with Crippen molar-refractivity contribution in [3.05, 3.63) is 41.5 Å². The zero-order valence-electron chi connectivity index (χ0n) is 10.1. The van der Waals surface area contributed by atoms with Crippen LogP contribution in [0.3, 0.4) is 0 Å². The van der Waals surface area contributed by atoms with E-state index in [0.29, 0.717) is 12.2 Å². The molecule has 0 unspecified atom stereocenters. The summed E-state index contributed by atoms with van der Waals surface area (Å²) in [6.45, 7) is 3.52. The number of rotatable bonds is 5. The fourth-order valence-electron chi connectivity index (χ4n) is 1.40. The summed E-state index contributed by atoms with van der Waals surface area (Å²) in [6, 6.07) is 9.43. The van der Waals surface area contributed by atoms with Gasteiger partial charge in [0.25, 0.3) is 0 Å². The molecule has 0 aromatic heterocycles. The number of hydrogen-bond donors (Lipinski definition) is 0. The molecule has 0 spiro atoms. The molecule has 1 aromatic rings. The van der Waals surface area contributed by atoms with E-state index in [1.54, 1.807) is 13.0 Å². The molecule has 3 heteroatoms. The summed E-state index contributed by atoms with van der Waals surface area (Å²) < 4.78 is 4.83. The first-order valence-electron chi connectivity index (χ1n) is 5.55. The number of Topliss-reactive ketones (excluding diaryl/α,β-unsaturated/α-hetero) is 1. The number of ketones is 1. The molecular weight excluding hydrogens is 216 g/mol. The van der Waals surface area contributed by atoms with E-state index in [-0.39, 0.29) is 18.2 Å². The Kier molecular flexibility index (Phi) is 5.14. The van der Waals surface area contributed by atoms with Gasteiger partial charge in [-0.1, -0.05) is 30.3 Å². The molecule has 0 saturated heterocycles. The van der Waals surface area contributed by atoms with Crippen molar-refractivity contribution >= 4 is 17.8 Å². The Bertz CT molecular complexity index is 418. The van der Waals surface area contributed by atoms with Gasteiger partial charge >= 0.3 is 5.97 Å². The molecule has 0 aliphatic heterocycles. The normalized spacial score (nSPS) is 11.1. The predicted molar refractivity (Wildman–Crippen MR) is 66.4 cm³/mol. The number of carbonyl (C=O) groups excluding carboxylic acids is 2. The molecule has 0 N–H and O–H groups in total. The van der Waals surface area contributed by atoms with Crippen LogP contribution in [0.15, 0.2) is 35.9 Å². The van der Waals surface area contributed by atoms with Gasteiger partial charge in [0.1, 0.15) is 0 Å². The second-order valence-corrected chi connectivity index (χ2v) is 3.62. The molecule has 0 atom stereocenters. The van der Waals surface area contributed by atoms with E-state index in [2.05, 4.69) is 0 Å². The molecule has 0 heterocycles. The molecule has 0 radical (unpaired) electrons. The molecule has 0 saturated carbocycles. The third-order valence-corrected chi connectivity index (χ3v) is 2.23. The second-order valence-electron chi connectivity index (χ2n) is 3.62. The van der Waals surface area contributed by atoms with Gasteiger partial charge in [-0.15, -0.1) is 0 Å². The zero-order chi connectivity index (χ0) is 12.7. The fraction of sp³-hybridized carbons (Fsp3) is 0.286. The number of hydrogen-bond acceptors (Lipinski definition) is 3. The number of carbonyl (C=O) groups is 2. The van der Waals surface area contributed by atoms with Crippen molar-refractivity contribution in [1.82, 2.24) is 0 Å². The van der Waals surface area contributed by atoms with Crippen molar-refractivity contribution in [2.75, 3.05) is 6.61 Å². The lowest BCUT2D eigenvalue weighted by atomic mass is 10.1. The molecule has 0 aliphatic rings. The Morgan fingerprint density at radius 3 is 2.41 bits per heavy atom. The predicted octanol–water partition coefficient (Wildman–Crippen LogP) is 2.61. The third-order valence-electron chi connectivity index (χ3n) is 2.23. The standard InChI is InChI=1S/C14H16O3/c1-3-17-14(16)10-13(11(2)15)9-12-7-5-4-6-8-12/h4-9H,3,10H2,1-2H3/b13-9-. The van der Waals surface area contributed by atoms with E-state index in [4.69, 9.17) is 4.74 Å². The van der Waals surface area contributed by atoms with Crippen LogP contribution in [0.4, 0.5) is 0 Å². The molecule has 90 valence electrons.